The summed E-state index contributed by atoms with van der Waals surface area (Å²) in [5.74, 6) is -0.580. The van der Waals surface area contributed by atoms with Gasteiger partial charge in [0.1, 0.15) is 12.4 Å². The minimum atomic E-state index is -0.836. The highest BCUT2D eigenvalue weighted by molar-refractivity contribution is 5.90. The summed E-state index contributed by atoms with van der Waals surface area (Å²) >= 11 is 0. The summed E-state index contributed by atoms with van der Waals surface area (Å²) in [6.45, 7) is 0. The number of nitro groups is 1. The molecule has 0 amide bonds. The summed E-state index contributed by atoms with van der Waals surface area (Å²) in [4.78, 5) is 34.5. The van der Waals surface area contributed by atoms with Gasteiger partial charge in [0.25, 0.3) is 5.69 Å². The Morgan fingerprint density at radius 3 is 2.44 bits per heavy atom. The van der Waals surface area contributed by atoms with Crippen LogP contribution in [0.2, 0.25) is 0 Å². The van der Waals surface area contributed by atoms with Crippen LogP contribution in [0.5, 0.6) is 0 Å². The molecule has 0 aromatic heterocycles. The summed E-state index contributed by atoms with van der Waals surface area (Å²) in [6, 6.07) is 14.6. The lowest BCUT2D eigenvalue weighted by Gasteiger charge is -2.30. The van der Waals surface area contributed by atoms with Crippen LogP contribution in [0.25, 0.3) is 0 Å². The molecule has 3 rings (SSSR count). The van der Waals surface area contributed by atoms with Crippen LogP contribution < -0.4 is 0 Å². The first kappa shape index (κ1) is 16.8. The van der Waals surface area contributed by atoms with Gasteiger partial charge in [-0.15, -0.1) is 0 Å². The molecule has 0 N–H and O–H groups in total. The molecule has 0 radical (unpaired) electrons. The van der Waals surface area contributed by atoms with E-state index in [0.29, 0.717) is 12.8 Å². The Morgan fingerprint density at radius 1 is 1.16 bits per heavy atom. The van der Waals surface area contributed by atoms with Crippen LogP contribution in [-0.2, 0) is 14.9 Å². The highest BCUT2D eigenvalue weighted by Crippen LogP contribution is 2.41. The number of rotatable bonds is 5. The van der Waals surface area contributed by atoms with Crippen molar-refractivity contribution in [1.29, 1.82) is 0 Å². The zero-order chi connectivity index (χ0) is 17.9. The van der Waals surface area contributed by atoms with Crippen molar-refractivity contribution in [3.05, 3.63) is 75.8 Å². The molecule has 1 fully saturated rings. The Hall–Kier alpha value is -3.02. The largest absolute Gasteiger partial charge is 0.457 e. The number of nitrogens with zero attached hydrogens (tertiary/aromatic N) is 1. The fourth-order valence-corrected chi connectivity index (χ4v) is 3.36. The molecule has 6 heteroatoms. The van der Waals surface area contributed by atoms with Gasteiger partial charge in [0.15, 0.2) is 0 Å². The number of carbonyl (C=O) groups is 2. The minimum Gasteiger partial charge on any atom is -0.457 e. The van der Waals surface area contributed by atoms with Crippen molar-refractivity contribution >= 4 is 17.9 Å². The van der Waals surface area contributed by atoms with Crippen LogP contribution >= 0.6 is 0 Å². The van der Waals surface area contributed by atoms with Crippen molar-refractivity contribution < 1.29 is 19.2 Å². The van der Waals surface area contributed by atoms with Gasteiger partial charge in [-0.25, -0.2) is 4.79 Å². The maximum atomic E-state index is 12.4. The van der Waals surface area contributed by atoms with Crippen LogP contribution in [0.1, 0.15) is 35.2 Å². The maximum Gasteiger partial charge on any atom is 0.338 e. The molecule has 1 aliphatic carbocycles. The molecular weight excluding hydrogens is 322 g/mol. The van der Waals surface area contributed by atoms with E-state index >= 15 is 0 Å². The molecule has 1 saturated carbocycles. The summed E-state index contributed by atoms with van der Waals surface area (Å²) in [5, 5.41) is 10.7. The molecule has 0 aliphatic heterocycles. The van der Waals surface area contributed by atoms with Gasteiger partial charge < -0.3 is 9.53 Å². The molecule has 25 heavy (non-hydrogen) atoms. The van der Waals surface area contributed by atoms with E-state index in [1.165, 1.54) is 24.3 Å². The van der Waals surface area contributed by atoms with Gasteiger partial charge in [-0.1, -0.05) is 30.3 Å². The average Bonchev–Trinajstić information content (AvgIpc) is 3.06. The van der Waals surface area contributed by atoms with E-state index in [0.717, 1.165) is 18.3 Å². The number of ether oxygens (including phenoxy) is 1. The number of non-ortho nitro benzene ring substituents is 1. The van der Waals surface area contributed by atoms with E-state index in [1.807, 2.05) is 30.3 Å². The molecule has 6 nitrogen and oxygen atoms in total. The van der Waals surface area contributed by atoms with Crippen LogP contribution in [0.4, 0.5) is 5.69 Å². The lowest BCUT2D eigenvalue weighted by molar-refractivity contribution is -0.384. The molecule has 1 aliphatic rings. The third-order valence-corrected chi connectivity index (χ3v) is 4.72. The van der Waals surface area contributed by atoms with E-state index < -0.39 is 22.4 Å². The summed E-state index contributed by atoms with van der Waals surface area (Å²) in [7, 11) is 0. The standard InChI is InChI=1S/C19H17NO5/c21-13-19(15-5-2-1-3-6-15)12-4-7-17(19)25-18(22)14-8-10-16(11-9-14)20(23)24/h1-3,5-6,8-11,13,17H,4,7,12H2/t17-,19-/m1/s1. The lowest BCUT2D eigenvalue weighted by Crippen LogP contribution is -2.39. The monoisotopic (exact) mass is 339 g/mol. The van der Waals surface area contributed by atoms with Crippen molar-refractivity contribution in [2.75, 3.05) is 0 Å². The maximum absolute atomic E-state index is 12.4. The van der Waals surface area contributed by atoms with Gasteiger partial charge in [-0.05, 0) is 37.0 Å². The van der Waals surface area contributed by atoms with E-state index in [1.54, 1.807) is 0 Å². The Morgan fingerprint density at radius 2 is 1.84 bits per heavy atom. The van der Waals surface area contributed by atoms with Crippen molar-refractivity contribution in [1.82, 2.24) is 0 Å². The fourth-order valence-electron chi connectivity index (χ4n) is 3.36. The molecule has 0 heterocycles. The topological polar surface area (TPSA) is 86.5 Å². The van der Waals surface area contributed by atoms with Gasteiger partial charge in [-0.2, -0.15) is 0 Å². The van der Waals surface area contributed by atoms with E-state index in [4.69, 9.17) is 4.74 Å². The smallest absolute Gasteiger partial charge is 0.338 e. The second-order valence-electron chi connectivity index (χ2n) is 6.11. The number of hydrogen-bond donors (Lipinski definition) is 0. The van der Waals surface area contributed by atoms with Gasteiger partial charge in [0.05, 0.1) is 15.9 Å². The quantitative estimate of drug-likeness (QED) is 0.360. The molecular formula is C19H17NO5. The second kappa shape index (κ2) is 6.84. The van der Waals surface area contributed by atoms with E-state index in [2.05, 4.69) is 0 Å². The second-order valence-corrected chi connectivity index (χ2v) is 6.11. The van der Waals surface area contributed by atoms with Crippen LogP contribution in [0, 0.1) is 10.1 Å². The van der Waals surface area contributed by atoms with Crippen molar-refractivity contribution in [3.63, 3.8) is 0 Å². The van der Waals surface area contributed by atoms with Gasteiger partial charge >= 0.3 is 5.97 Å². The predicted molar refractivity (Wildman–Crippen MR) is 90.3 cm³/mol. The Balaban J connectivity index is 1.82. The van der Waals surface area contributed by atoms with Crippen LogP contribution in [-0.4, -0.2) is 23.3 Å². The van der Waals surface area contributed by atoms with E-state index in [9.17, 15) is 19.7 Å². The SMILES string of the molecule is O=C[C@@]1(c2ccccc2)CCC[C@H]1OC(=O)c1ccc([N+](=O)[O-])cc1. The molecule has 0 bridgehead atoms. The molecule has 0 saturated heterocycles. The zero-order valence-electron chi connectivity index (χ0n) is 13.5. The van der Waals surface area contributed by atoms with Gasteiger partial charge in [-0.3, -0.25) is 10.1 Å². The third-order valence-electron chi connectivity index (χ3n) is 4.72. The number of nitro benzene ring substituents is 1. The molecule has 0 unspecified atom stereocenters. The number of benzene rings is 2. The first-order valence-corrected chi connectivity index (χ1v) is 8.04. The van der Waals surface area contributed by atoms with Crippen molar-refractivity contribution in [3.8, 4) is 0 Å². The molecule has 2 aromatic carbocycles. The number of hydrogen-bond acceptors (Lipinski definition) is 5. The molecule has 0 spiro atoms. The number of carbonyl (C=O) groups excluding carboxylic acids is 2. The third kappa shape index (κ3) is 3.15. The Labute approximate surface area is 144 Å². The van der Waals surface area contributed by atoms with Crippen LogP contribution in [0.3, 0.4) is 0 Å². The van der Waals surface area contributed by atoms with Crippen molar-refractivity contribution in [2.45, 2.75) is 30.8 Å². The Bertz CT molecular complexity index is 787. The average molecular weight is 339 g/mol. The van der Waals surface area contributed by atoms with Crippen LogP contribution in [0.15, 0.2) is 54.6 Å². The predicted octanol–water partition coefficient (Wildman–Crippen LogP) is 3.44. The summed E-state index contributed by atoms with van der Waals surface area (Å²) in [6.07, 6.45) is 2.34. The fraction of sp³-hybridized carbons (Fsp3) is 0.263. The highest BCUT2D eigenvalue weighted by Gasteiger charge is 2.46. The van der Waals surface area contributed by atoms with Gasteiger partial charge in [0, 0.05) is 12.1 Å². The first-order chi connectivity index (χ1) is 12.1. The highest BCUT2D eigenvalue weighted by atomic mass is 16.6. The minimum absolute atomic E-state index is 0.0936. The van der Waals surface area contributed by atoms with Crippen molar-refractivity contribution in [2.24, 2.45) is 0 Å². The molecule has 2 aromatic rings. The molecule has 128 valence electrons. The summed E-state index contributed by atoms with van der Waals surface area (Å²) in [5.41, 5.74) is 0.135. The molecule has 2 atom stereocenters. The number of esters is 1. The Kier molecular flexibility index (Phi) is 4.61. The van der Waals surface area contributed by atoms with Gasteiger partial charge in [0.2, 0.25) is 0 Å². The normalized spacial score (nSPS) is 22.3. The van der Waals surface area contributed by atoms with E-state index in [-0.39, 0.29) is 11.3 Å². The number of aldehydes is 1. The first-order valence-electron chi connectivity index (χ1n) is 8.04. The summed E-state index contributed by atoms with van der Waals surface area (Å²) < 4.78 is 5.62. The zero-order valence-corrected chi connectivity index (χ0v) is 13.5. The lowest BCUT2D eigenvalue weighted by atomic mass is 9.78.